The molecule has 5 rings (SSSR count). The molecule has 0 radical (unpaired) electrons. The van der Waals surface area contributed by atoms with Crippen LogP contribution < -0.4 is 14.4 Å². The number of fused-ring (bicyclic) bond motifs is 1. The normalized spacial score (nSPS) is 15.4. The van der Waals surface area contributed by atoms with Crippen LogP contribution in [0.4, 0.5) is 5.82 Å². The van der Waals surface area contributed by atoms with Crippen molar-refractivity contribution in [2.75, 3.05) is 32.2 Å². The minimum Gasteiger partial charge on any atom is -0.493 e. The Morgan fingerprint density at radius 3 is 2.44 bits per heavy atom. The van der Waals surface area contributed by atoms with Gasteiger partial charge in [-0.25, -0.2) is 4.98 Å². The summed E-state index contributed by atoms with van der Waals surface area (Å²) in [6, 6.07) is 11.2. The molecule has 1 saturated heterocycles. The summed E-state index contributed by atoms with van der Waals surface area (Å²) in [7, 11) is 3.18. The zero-order chi connectivity index (χ0) is 23.7. The van der Waals surface area contributed by atoms with E-state index in [0.29, 0.717) is 59.5 Å². The molecule has 0 atom stereocenters. The van der Waals surface area contributed by atoms with Gasteiger partial charge in [0.05, 0.1) is 36.6 Å². The number of ether oxygens (including phenoxy) is 2. The Kier molecular flexibility index (Phi) is 5.93. The number of aliphatic hydroxyl groups is 1. The minimum atomic E-state index is -0.939. The first-order chi connectivity index (χ1) is 16.5. The molecule has 0 bridgehead atoms. The Balaban J connectivity index is 1.42. The highest BCUT2D eigenvalue weighted by molar-refractivity contribution is 6.33. The highest BCUT2D eigenvalue weighted by Gasteiger charge is 2.36. The molecule has 0 saturated carbocycles. The van der Waals surface area contributed by atoms with Crippen LogP contribution in [0.25, 0.3) is 22.0 Å². The Bertz CT molecular complexity index is 1330. The van der Waals surface area contributed by atoms with E-state index in [1.54, 1.807) is 38.9 Å². The largest absolute Gasteiger partial charge is 0.493 e. The van der Waals surface area contributed by atoms with E-state index in [0.717, 1.165) is 16.5 Å². The van der Waals surface area contributed by atoms with Crippen molar-refractivity contribution in [2.45, 2.75) is 18.4 Å². The minimum absolute atomic E-state index is 0.534. The van der Waals surface area contributed by atoms with Gasteiger partial charge in [-0.2, -0.15) is 10.2 Å². The molecule has 174 valence electrons. The highest BCUT2D eigenvalue weighted by atomic mass is 35.5. The van der Waals surface area contributed by atoms with Crippen molar-refractivity contribution in [3.05, 3.63) is 65.7 Å². The number of hydrogen-bond acceptors (Lipinski definition) is 8. The summed E-state index contributed by atoms with van der Waals surface area (Å²) >= 11 is 6.70. The van der Waals surface area contributed by atoms with Gasteiger partial charge < -0.3 is 19.5 Å². The predicted molar refractivity (Wildman–Crippen MR) is 130 cm³/mol. The van der Waals surface area contributed by atoms with E-state index in [1.165, 1.54) is 0 Å². The van der Waals surface area contributed by atoms with Crippen molar-refractivity contribution in [3.8, 4) is 22.6 Å². The van der Waals surface area contributed by atoms with Gasteiger partial charge in [0.15, 0.2) is 11.5 Å². The lowest BCUT2D eigenvalue weighted by molar-refractivity contribution is 0.00750. The zero-order valence-electron chi connectivity index (χ0n) is 18.9. The van der Waals surface area contributed by atoms with Crippen molar-refractivity contribution in [1.82, 2.24) is 20.2 Å². The average Bonchev–Trinajstić information content (AvgIpc) is 2.88. The van der Waals surface area contributed by atoms with Crippen LogP contribution in [0.1, 0.15) is 18.5 Å². The van der Waals surface area contributed by atoms with Crippen LogP contribution in [0.5, 0.6) is 11.5 Å². The first-order valence-corrected chi connectivity index (χ1v) is 11.3. The van der Waals surface area contributed by atoms with Gasteiger partial charge in [0.2, 0.25) is 0 Å². The molecule has 0 spiro atoms. The fraction of sp³-hybridized carbons (Fsp3) is 0.280. The van der Waals surface area contributed by atoms with Crippen LogP contribution in [-0.4, -0.2) is 52.6 Å². The van der Waals surface area contributed by atoms with Crippen molar-refractivity contribution in [2.24, 2.45) is 0 Å². The molecule has 0 unspecified atom stereocenters. The van der Waals surface area contributed by atoms with Crippen LogP contribution >= 0.6 is 11.6 Å². The number of rotatable bonds is 5. The lowest BCUT2D eigenvalue weighted by Crippen LogP contribution is -2.43. The molecule has 3 aromatic heterocycles. The number of anilines is 1. The molecular weight excluding hydrogens is 454 g/mol. The second-order valence-corrected chi connectivity index (χ2v) is 8.65. The Morgan fingerprint density at radius 2 is 1.76 bits per heavy atom. The molecule has 4 heterocycles. The Labute approximate surface area is 202 Å². The van der Waals surface area contributed by atoms with Crippen molar-refractivity contribution >= 4 is 28.3 Å². The maximum atomic E-state index is 11.1. The lowest BCUT2D eigenvalue weighted by atomic mass is 9.88. The summed E-state index contributed by atoms with van der Waals surface area (Å²) in [6.45, 7) is 1.24. The van der Waals surface area contributed by atoms with Crippen LogP contribution in [0, 0.1) is 0 Å². The van der Waals surface area contributed by atoms with Crippen LogP contribution in [0.3, 0.4) is 0 Å². The summed E-state index contributed by atoms with van der Waals surface area (Å²) in [5.74, 6) is 1.89. The van der Waals surface area contributed by atoms with Crippen molar-refractivity contribution in [1.29, 1.82) is 0 Å². The number of benzene rings is 1. The fourth-order valence-electron chi connectivity index (χ4n) is 4.41. The highest BCUT2D eigenvalue weighted by Crippen LogP contribution is 2.38. The second kappa shape index (κ2) is 9.04. The van der Waals surface area contributed by atoms with Gasteiger partial charge in [0.1, 0.15) is 11.4 Å². The fourth-order valence-corrected chi connectivity index (χ4v) is 4.69. The number of pyridine rings is 2. The molecule has 34 heavy (non-hydrogen) atoms. The summed E-state index contributed by atoms with van der Waals surface area (Å²) in [5.41, 5.74) is 2.11. The summed E-state index contributed by atoms with van der Waals surface area (Å²) in [5, 5.41) is 20.8. The van der Waals surface area contributed by atoms with Crippen LogP contribution in [-0.2, 0) is 5.60 Å². The number of nitrogens with zero attached hydrogens (tertiary/aromatic N) is 5. The zero-order valence-corrected chi connectivity index (χ0v) is 19.7. The van der Waals surface area contributed by atoms with Gasteiger partial charge in [-0.1, -0.05) is 17.7 Å². The molecule has 1 N–H and O–H groups in total. The lowest BCUT2D eigenvalue weighted by Gasteiger charge is -2.38. The first kappa shape index (κ1) is 22.3. The Morgan fingerprint density at radius 1 is 1.00 bits per heavy atom. The van der Waals surface area contributed by atoms with Gasteiger partial charge in [-0.05, 0) is 37.1 Å². The van der Waals surface area contributed by atoms with E-state index in [-0.39, 0.29) is 0 Å². The number of halogens is 1. The van der Waals surface area contributed by atoms with Crippen LogP contribution in [0.2, 0.25) is 5.02 Å². The molecule has 0 aliphatic carbocycles. The van der Waals surface area contributed by atoms with E-state index >= 15 is 0 Å². The molecule has 1 aliphatic rings. The first-order valence-electron chi connectivity index (χ1n) is 10.9. The Hall–Kier alpha value is -3.49. The second-order valence-electron chi connectivity index (χ2n) is 8.25. The van der Waals surface area contributed by atoms with Gasteiger partial charge in [0.25, 0.3) is 0 Å². The topological polar surface area (TPSA) is 93.5 Å². The number of aromatic nitrogens is 4. The summed E-state index contributed by atoms with van der Waals surface area (Å²) in [6.07, 6.45) is 6.28. The van der Waals surface area contributed by atoms with Crippen molar-refractivity contribution in [3.63, 3.8) is 0 Å². The molecular formula is C25H24ClN5O3. The van der Waals surface area contributed by atoms with Gasteiger partial charge in [0, 0.05) is 48.1 Å². The molecule has 1 aromatic carbocycles. The third-order valence-electron chi connectivity index (χ3n) is 6.31. The quantitative estimate of drug-likeness (QED) is 0.456. The average molecular weight is 478 g/mol. The predicted octanol–water partition coefficient (Wildman–Crippen LogP) is 4.25. The van der Waals surface area contributed by atoms with Crippen LogP contribution in [0.15, 0.2) is 55.0 Å². The molecule has 0 amide bonds. The van der Waals surface area contributed by atoms with Gasteiger partial charge in [-0.15, -0.1) is 0 Å². The summed E-state index contributed by atoms with van der Waals surface area (Å²) in [4.78, 5) is 11.1. The molecule has 1 aliphatic heterocycles. The smallest absolute Gasteiger partial charge is 0.162 e. The standard InChI is InChI=1S/C25H24ClN5O3/c1-33-21-12-17-18(15-29-30-20(17)13-22(21)34-2)16-11-19(26)24(28-14-16)31-9-6-25(32,7-10-31)23-5-3-4-8-27-23/h3-5,8,11-15,32H,6-7,9-10H2,1-2H3. The molecule has 1 fully saturated rings. The third kappa shape index (κ3) is 3.99. The van der Waals surface area contributed by atoms with E-state index < -0.39 is 5.60 Å². The summed E-state index contributed by atoms with van der Waals surface area (Å²) < 4.78 is 10.8. The van der Waals surface area contributed by atoms with E-state index in [9.17, 15) is 5.11 Å². The van der Waals surface area contributed by atoms with E-state index in [1.807, 2.05) is 30.3 Å². The monoisotopic (exact) mass is 477 g/mol. The maximum Gasteiger partial charge on any atom is 0.162 e. The molecule has 8 nitrogen and oxygen atoms in total. The SMILES string of the molecule is COc1cc2nncc(-c3cnc(N4CCC(O)(c5ccccn5)CC4)c(Cl)c3)c2cc1OC. The maximum absolute atomic E-state index is 11.1. The number of methoxy groups -OCH3 is 2. The van der Waals surface area contributed by atoms with E-state index in [4.69, 9.17) is 21.1 Å². The van der Waals surface area contributed by atoms with Gasteiger partial charge in [-0.3, -0.25) is 4.98 Å². The number of piperidine rings is 1. The molecule has 9 heteroatoms. The number of hydrogen-bond donors (Lipinski definition) is 1. The molecule has 4 aromatic rings. The van der Waals surface area contributed by atoms with E-state index in [2.05, 4.69) is 25.1 Å². The van der Waals surface area contributed by atoms with Crippen molar-refractivity contribution < 1.29 is 14.6 Å². The van der Waals surface area contributed by atoms with Gasteiger partial charge >= 0.3 is 0 Å². The third-order valence-corrected chi connectivity index (χ3v) is 6.59.